The van der Waals surface area contributed by atoms with Crippen molar-refractivity contribution in [3.63, 3.8) is 0 Å². The van der Waals surface area contributed by atoms with Gasteiger partial charge in [0.1, 0.15) is 16.9 Å². The molecular weight excluding hydrogens is 378 g/mol. The van der Waals surface area contributed by atoms with Gasteiger partial charge in [-0.1, -0.05) is 11.6 Å². The molecule has 1 aliphatic rings. The highest BCUT2D eigenvalue weighted by Crippen LogP contribution is 2.27. The van der Waals surface area contributed by atoms with Crippen LogP contribution in [0.4, 0.5) is 23.4 Å². The minimum absolute atomic E-state index is 0.0114. The van der Waals surface area contributed by atoms with Gasteiger partial charge in [-0.3, -0.25) is 4.79 Å². The van der Waals surface area contributed by atoms with Crippen LogP contribution in [-0.4, -0.2) is 46.8 Å². The number of nitrogens with zero attached hydrogens (tertiary/aromatic N) is 3. The maximum absolute atomic E-state index is 13.3. The Bertz CT molecular complexity index is 857. The molecule has 0 bridgehead atoms. The van der Waals surface area contributed by atoms with Gasteiger partial charge in [-0.05, 0) is 12.5 Å². The lowest BCUT2D eigenvalue weighted by Crippen LogP contribution is -2.42. The maximum Gasteiger partial charge on any atom is 0.403 e. The summed E-state index contributed by atoms with van der Waals surface area (Å²) in [6.07, 6.45) is -3.36. The summed E-state index contributed by atoms with van der Waals surface area (Å²) in [6.45, 7) is 0.249. The molecule has 1 fully saturated rings. The van der Waals surface area contributed by atoms with Crippen LogP contribution in [0.15, 0.2) is 23.1 Å². The second-order valence-corrected chi connectivity index (χ2v) is 6.12. The standard InChI is InChI=1S/C15H14ClF4N5O/c16-11-13(25-5-2-9(15(18,19)20)21-4-6-25)23-12(24-14(11)26)8-1-3-22-10(17)7-8/h1,3,7,9,21H,2,4-6H2,(H,23,24,26). The first-order valence-electron chi connectivity index (χ1n) is 7.72. The quantitative estimate of drug-likeness (QED) is 0.607. The van der Waals surface area contributed by atoms with Gasteiger partial charge in [0.05, 0.1) is 0 Å². The molecule has 0 radical (unpaired) electrons. The predicted octanol–water partition coefficient (Wildman–Crippen LogP) is 2.35. The second kappa shape index (κ2) is 7.20. The number of aromatic nitrogens is 3. The lowest BCUT2D eigenvalue weighted by atomic mass is 10.2. The third kappa shape index (κ3) is 3.96. The van der Waals surface area contributed by atoms with Crippen molar-refractivity contribution in [3.05, 3.63) is 39.7 Å². The SMILES string of the molecule is O=c1[nH]c(-c2ccnc(F)c2)nc(N2CCNC(C(F)(F)F)CC2)c1Cl. The minimum Gasteiger partial charge on any atom is -0.354 e. The smallest absolute Gasteiger partial charge is 0.354 e. The van der Waals surface area contributed by atoms with Crippen LogP contribution in [0, 0.1) is 5.95 Å². The zero-order chi connectivity index (χ0) is 18.9. The molecule has 26 heavy (non-hydrogen) atoms. The number of nitrogens with one attached hydrogen (secondary N) is 2. The van der Waals surface area contributed by atoms with Gasteiger partial charge in [-0.15, -0.1) is 0 Å². The fraction of sp³-hybridized carbons (Fsp3) is 0.400. The molecular formula is C15H14ClF4N5O. The molecule has 2 aromatic rings. The molecule has 0 amide bonds. The Morgan fingerprint density at radius 2 is 2.08 bits per heavy atom. The highest BCUT2D eigenvalue weighted by atomic mass is 35.5. The van der Waals surface area contributed by atoms with Crippen LogP contribution in [-0.2, 0) is 0 Å². The second-order valence-electron chi connectivity index (χ2n) is 5.74. The van der Waals surface area contributed by atoms with Gasteiger partial charge in [0.15, 0.2) is 5.82 Å². The van der Waals surface area contributed by atoms with Crippen LogP contribution in [0.1, 0.15) is 6.42 Å². The molecule has 1 unspecified atom stereocenters. The maximum atomic E-state index is 13.3. The minimum atomic E-state index is -4.36. The van der Waals surface area contributed by atoms with E-state index in [1.165, 1.54) is 17.2 Å². The number of aromatic amines is 1. The van der Waals surface area contributed by atoms with E-state index in [1.807, 2.05) is 0 Å². The lowest BCUT2D eigenvalue weighted by Gasteiger charge is -2.23. The van der Waals surface area contributed by atoms with Gasteiger partial charge in [0.25, 0.3) is 5.56 Å². The average molecular weight is 392 g/mol. The van der Waals surface area contributed by atoms with E-state index in [0.717, 1.165) is 6.07 Å². The van der Waals surface area contributed by atoms with Crippen molar-refractivity contribution in [2.75, 3.05) is 24.5 Å². The van der Waals surface area contributed by atoms with Crippen LogP contribution in [0.2, 0.25) is 5.02 Å². The highest BCUT2D eigenvalue weighted by molar-refractivity contribution is 6.32. The van der Waals surface area contributed by atoms with Crippen molar-refractivity contribution in [2.24, 2.45) is 0 Å². The van der Waals surface area contributed by atoms with Crippen molar-refractivity contribution in [3.8, 4) is 11.4 Å². The molecule has 0 aromatic carbocycles. The number of H-pyrrole nitrogens is 1. The van der Waals surface area contributed by atoms with E-state index in [0.29, 0.717) is 0 Å². The molecule has 140 valence electrons. The zero-order valence-electron chi connectivity index (χ0n) is 13.3. The van der Waals surface area contributed by atoms with E-state index >= 15 is 0 Å². The Morgan fingerprint density at radius 1 is 1.31 bits per heavy atom. The largest absolute Gasteiger partial charge is 0.403 e. The van der Waals surface area contributed by atoms with E-state index in [-0.39, 0.29) is 48.3 Å². The molecule has 0 spiro atoms. The van der Waals surface area contributed by atoms with Gasteiger partial charge in [-0.2, -0.15) is 17.6 Å². The number of hydrogen-bond donors (Lipinski definition) is 2. The fourth-order valence-corrected chi connectivity index (χ4v) is 2.92. The third-order valence-electron chi connectivity index (χ3n) is 4.00. The van der Waals surface area contributed by atoms with Crippen LogP contribution in [0.5, 0.6) is 0 Å². The molecule has 11 heteroatoms. The summed E-state index contributed by atoms with van der Waals surface area (Å²) in [7, 11) is 0. The van der Waals surface area contributed by atoms with E-state index < -0.39 is 23.7 Å². The normalized spacial score (nSPS) is 18.7. The number of alkyl halides is 3. The van der Waals surface area contributed by atoms with Gasteiger partial charge < -0.3 is 15.2 Å². The predicted molar refractivity (Wildman–Crippen MR) is 87.7 cm³/mol. The summed E-state index contributed by atoms with van der Waals surface area (Å²) in [5, 5.41) is 2.20. The molecule has 1 saturated heterocycles. The lowest BCUT2D eigenvalue weighted by molar-refractivity contribution is -0.155. The van der Waals surface area contributed by atoms with Crippen molar-refractivity contribution >= 4 is 17.4 Å². The van der Waals surface area contributed by atoms with E-state index in [9.17, 15) is 22.4 Å². The summed E-state index contributed by atoms with van der Waals surface area (Å²) >= 11 is 6.02. The number of hydrogen-bond acceptors (Lipinski definition) is 5. The van der Waals surface area contributed by atoms with Gasteiger partial charge in [-0.25, -0.2) is 9.97 Å². The first-order chi connectivity index (χ1) is 12.3. The molecule has 0 saturated carbocycles. The van der Waals surface area contributed by atoms with Crippen LogP contribution in [0.25, 0.3) is 11.4 Å². The average Bonchev–Trinajstić information content (AvgIpc) is 2.83. The molecule has 3 rings (SSSR count). The van der Waals surface area contributed by atoms with Crippen molar-refractivity contribution in [1.29, 1.82) is 0 Å². The van der Waals surface area contributed by atoms with Crippen LogP contribution < -0.4 is 15.8 Å². The third-order valence-corrected chi connectivity index (χ3v) is 4.34. The summed E-state index contributed by atoms with van der Waals surface area (Å²) < 4.78 is 52.0. The van der Waals surface area contributed by atoms with Gasteiger partial charge in [0, 0.05) is 37.5 Å². The topological polar surface area (TPSA) is 73.9 Å². The number of pyridine rings is 1. The summed E-state index contributed by atoms with van der Waals surface area (Å²) in [5.41, 5.74) is -0.387. The first kappa shape index (κ1) is 18.6. The molecule has 1 atom stereocenters. The highest BCUT2D eigenvalue weighted by Gasteiger charge is 2.40. The molecule has 6 nitrogen and oxygen atoms in total. The molecule has 2 aromatic heterocycles. The van der Waals surface area contributed by atoms with E-state index in [4.69, 9.17) is 11.6 Å². The van der Waals surface area contributed by atoms with Gasteiger partial charge in [0.2, 0.25) is 5.95 Å². The molecule has 2 N–H and O–H groups in total. The molecule has 1 aliphatic heterocycles. The summed E-state index contributed by atoms with van der Waals surface area (Å²) in [5.74, 6) is -0.638. The Hall–Kier alpha value is -2.20. The van der Waals surface area contributed by atoms with Crippen LogP contribution >= 0.6 is 11.6 Å². The van der Waals surface area contributed by atoms with Gasteiger partial charge >= 0.3 is 6.18 Å². The Morgan fingerprint density at radius 3 is 2.77 bits per heavy atom. The monoisotopic (exact) mass is 391 g/mol. The summed E-state index contributed by atoms with van der Waals surface area (Å²) in [4.78, 5) is 23.7. The Kier molecular flexibility index (Phi) is 5.15. The fourth-order valence-electron chi connectivity index (χ4n) is 2.71. The van der Waals surface area contributed by atoms with Crippen molar-refractivity contribution in [2.45, 2.75) is 18.6 Å². The molecule has 0 aliphatic carbocycles. The van der Waals surface area contributed by atoms with E-state index in [2.05, 4.69) is 20.3 Å². The Labute approximate surface area is 150 Å². The van der Waals surface area contributed by atoms with Crippen molar-refractivity contribution < 1.29 is 17.6 Å². The van der Waals surface area contributed by atoms with Crippen LogP contribution in [0.3, 0.4) is 0 Å². The number of halogens is 5. The molecule has 3 heterocycles. The van der Waals surface area contributed by atoms with Crippen molar-refractivity contribution in [1.82, 2.24) is 20.3 Å². The first-order valence-corrected chi connectivity index (χ1v) is 8.10. The van der Waals surface area contributed by atoms with E-state index in [1.54, 1.807) is 0 Å². The number of anilines is 1. The zero-order valence-corrected chi connectivity index (χ0v) is 14.0. The Balaban J connectivity index is 1.94. The summed E-state index contributed by atoms with van der Waals surface area (Å²) in [6, 6.07) is 0.893. The number of rotatable bonds is 2.